The van der Waals surface area contributed by atoms with E-state index in [9.17, 15) is 14.4 Å². The third kappa shape index (κ3) is 5.43. The lowest BCUT2D eigenvalue weighted by atomic mass is 10.1. The molecule has 2 aliphatic heterocycles. The van der Waals surface area contributed by atoms with Crippen molar-refractivity contribution in [1.29, 1.82) is 0 Å². The quantitative estimate of drug-likeness (QED) is 0.260. The smallest absolute Gasteiger partial charge is 0.350 e. The number of fused-ring (bicyclic) bond motifs is 5. The molecule has 14 heteroatoms. The van der Waals surface area contributed by atoms with Gasteiger partial charge in [0.2, 0.25) is 11.8 Å². The minimum Gasteiger partial charge on any atom is -0.350 e. The van der Waals surface area contributed by atoms with Crippen LogP contribution in [-0.4, -0.2) is 72.6 Å². The van der Waals surface area contributed by atoms with Gasteiger partial charge in [-0.05, 0) is 37.1 Å². The van der Waals surface area contributed by atoms with Crippen LogP contribution in [-0.2, 0) is 9.59 Å². The summed E-state index contributed by atoms with van der Waals surface area (Å²) in [5, 5.41) is 3.32. The van der Waals surface area contributed by atoms with Gasteiger partial charge >= 0.3 is 5.69 Å². The summed E-state index contributed by atoms with van der Waals surface area (Å²) in [6.45, 7) is 10.2. The first-order valence-electron chi connectivity index (χ1n) is 14.5. The number of thioether (sulfide) groups is 1. The van der Waals surface area contributed by atoms with E-state index in [1.165, 1.54) is 46.9 Å². The molecule has 1 aromatic carbocycles. The standard InChI is InChI=1S/C31H30F2N8O3S/c1-5-23(43)39-10-11-40(17(4)14-39)28-18-13-20(33)26-24-19(32)7-6-8-21(24)36-22(42)9-12-45-30-27(25(16(2)3)34-15-35-30)41(29(18)37-26)31(44)38-28/h5-8,13,15-17H,1,9-12,14H2,2-4H3,(H,36,42)/t17-/m0/s1. The largest absolute Gasteiger partial charge is 0.355 e. The van der Waals surface area contributed by atoms with Crippen molar-refractivity contribution in [3.8, 4) is 16.9 Å². The Morgan fingerprint density at radius 2 is 1.96 bits per heavy atom. The second kappa shape index (κ2) is 12.0. The summed E-state index contributed by atoms with van der Waals surface area (Å²) in [6, 6.07) is 4.93. The number of carbonyl (C=O) groups excluding carboxylic acids is 2. The van der Waals surface area contributed by atoms with E-state index in [2.05, 4.69) is 31.8 Å². The number of carbonyl (C=O) groups is 2. The van der Waals surface area contributed by atoms with Gasteiger partial charge in [-0.15, -0.1) is 11.8 Å². The first kappa shape index (κ1) is 30.3. The number of nitrogens with zero attached hydrogens (tertiary/aromatic N) is 7. The van der Waals surface area contributed by atoms with E-state index in [0.29, 0.717) is 36.0 Å². The number of amides is 2. The molecular formula is C31H30F2N8O3S. The Hall–Kier alpha value is -4.72. The third-order valence-electron chi connectivity index (χ3n) is 7.87. The molecule has 0 radical (unpaired) electrons. The summed E-state index contributed by atoms with van der Waals surface area (Å²) < 4.78 is 32.9. The summed E-state index contributed by atoms with van der Waals surface area (Å²) in [6.07, 6.45) is 2.68. The Balaban J connectivity index is 1.69. The summed E-state index contributed by atoms with van der Waals surface area (Å²) in [5.74, 6) is -1.99. The molecule has 0 spiro atoms. The van der Waals surface area contributed by atoms with Gasteiger partial charge in [-0.1, -0.05) is 26.5 Å². The number of aromatic nitrogens is 5. The van der Waals surface area contributed by atoms with Gasteiger partial charge in [-0.3, -0.25) is 9.59 Å². The highest BCUT2D eigenvalue weighted by atomic mass is 32.2. The Labute approximate surface area is 261 Å². The van der Waals surface area contributed by atoms with E-state index in [0.717, 1.165) is 6.07 Å². The molecule has 45 heavy (non-hydrogen) atoms. The lowest BCUT2D eigenvalue weighted by molar-refractivity contribution is -0.126. The first-order valence-corrected chi connectivity index (χ1v) is 15.5. The second-order valence-electron chi connectivity index (χ2n) is 11.2. The molecule has 6 rings (SSSR count). The van der Waals surface area contributed by atoms with Gasteiger partial charge in [0.05, 0.1) is 22.3 Å². The molecule has 11 nitrogen and oxygen atoms in total. The fourth-order valence-electron chi connectivity index (χ4n) is 5.74. The SMILES string of the molecule is C=CC(=O)N1CCN(c2nc(=O)n3c4nc(c(F)cc24)-c2c(F)cccc2NC(=O)CCSc2ncnc(C(C)C)c2-3)[C@@H](C)C1. The number of halogens is 2. The summed E-state index contributed by atoms with van der Waals surface area (Å²) in [4.78, 5) is 60.9. The van der Waals surface area contributed by atoms with Crippen LogP contribution in [0.4, 0.5) is 20.3 Å². The van der Waals surface area contributed by atoms with Gasteiger partial charge in [0.25, 0.3) is 0 Å². The molecule has 1 fully saturated rings. The number of piperazine rings is 1. The monoisotopic (exact) mass is 632 g/mol. The molecule has 0 unspecified atom stereocenters. The van der Waals surface area contributed by atoms with Crippen molar-refractivity contribution in [3.05, 3.63) is 71.1 Å². The third-order valence-corrected chi connectivity index (χ3v) is 8.85. The molecule has 4 aromatic rings. The average Bonchev–Trinajstić information content (AvgIpc) is 3.01. The van der Waals surface area contributed by atoms with E-state index >= 15 is 8.78 Å². The van der Waals surface area contributed by atoms with Crippen molar-refractivity contribution < 1.29 is 18.4 Å². The van der Waals surface area contributed by atoms with Gasteiger partial charge in [-0.2, -0.15) is 4.98 Å². The Bertz CT molecular complexity index is 1930. The Morgan fingerprint density at radius 3 is 2.69 bits per heavy atom. The predicted octanol–water partition coefficient (Wildman–Crippen LogP) is 4.30. The summed E-state index contributed by atoms with van der Waals surface area (Å²) >= 11 is 1.26. The van der Waals surface area contributed by atoms with Gasteiger partial charge in [-0.25, -0.2) is 33.1 Å². The van der Waals surface area contributed by atoms with E-state index < -0.39 is 23.2 Å². The zero-order chi connectivity index (χ0) is 32.0. The van der Waals surface area contributed by atoms with Crippen molar-refractivity contribution >= 4 is 46.1 Å². The molecule has 2 aliphatic rings. The van der Waals surface area contributed by atoms with E-state index in [-0.39, 0.29) is 63.8 Å². The highest BCUT2D eigenvalue weighted by Crippen LogP contribution is 2.38. The van der Waals surface area contributed by atoms with Crippen LogP contribution in [0.1, 0.15) is 38.8 Å². The van der Waals surface area contributed by atoms with Crippen LogP contribution in [0.25, 0.3) is 28.0 Å². The topological polar surface area (TPSA) is 126 Å². The molecule has 5 heterocycles. The number of hydrogen-bond donors (Lipinski definition) is 1. The minimum atomic E-state index is -0.873. The molecule has 0 saturated carbocycles. The van der Waals surface area contributed by atoms with Crippen LogP contribution in [0.5, 0.6) is 0 Å². The molecule has 3 aromatic heterocycles. The number of pyridine rings is 1. The van der Waals surface area contributed by atoms with Crippen molar-refractivity contribution in [2.75, 3.05) is 35.6 Å². The van der Waals surface area contributed by atoms with E-state index in [4.69, 9.17) is 0 Å². The number of nitrogens with one attached hydrogen (secondary N) is 1. The predicted molar refractivity (Wildman–Crippen MR) is 168 cm³/mol. The lowest BCUT2D eigenvalue weighted by Gasteiger charge is -2.40. The summed E-state index contributed by atoms with van der Waals surface area (Å²) in [7, 11) is 0. The van der Waals surface area contributed by atoms with Crippen LogP contribution < -0.4 is 15.9 Å². The first-order chi connectivity index (χ1) is 21.6. The van der Waals surface area contributed by atoms with Crippen LogP contribution in [0, 0.1) is 11.6 Å². The van der Waals surface area contributed by atoms with Crippen molar-refractivity contribution in [3.63, 3.8) is 0 Å². The molecular weight excluding hydrogens is 602 g/mol. The second-order valence-corrected chi connectivity index (χ2v) is 12.2. The fraction of sp³-hybridized carbons (Fsp3) is 0.323. The lowest BCUT2D eigenvalue weighted by Crippen LogP contribution is -2.54. The van der Waals surface area contributed by atoms with Crippen LogP contribution in [0.15, 0.2) is 53.1 Å². The number of anilines is 2. The average molecular weight is 633 g/mol. The minimum absolute atomic E-state index is 0.0246. The van der Waals surface area contributed by atoms with Gasteiger partial charge in [0.15, 0.2) is 11.5 Å². The van der Waals surface area contributed by atoms with Gasteiger partial charge in [0, 0.05) is 37.8 Å². The Kier molecular flexibility index (Phi) is 8.08. The molecule has 232 valence electrons. The maximum atomic E-state index is 16.2. The number of benzene rings is 1. The van der Waals surface area contributed by atoms with Crippen LogP contribution in [0.3, 0.4) is 0 Å². The zero-order valence-corrected chi connectivity index (χ0v) is 25.7. The zero-order valence-electron chi connectivity index (χ0n) is 24.9. The van der Waals surface area contributed by atoms with Crippen molar-refractivity contribution in [2.45, 2.75) is 44.2 Å². The molecule has 2 amide bonds. The van der Waals surface area contributed by atoms with E-state index in [1.54, 1.807) is 4.90 Å². The van der Waals surface area contributed by atoms with Gasteiger partial charge in [0.1, 0.15) is 34.4 Å². The highest BCUT2D eigenvalue weighted by molar-refractivity contribution is 7.99. The van der Waals surface area contributed by atoms with Crippen LogP contribution in [0.2, 0.25) is 0 Å². The summed E-state index contributed by atoms with van der Waals surface area (Å²) in [5.41, 5.74) is -0.421. The molecule has 1 atom stereocenters. The normalized spacial score (nSPS) is 16.8. The molecule has 1 N–H and O–H groups in total. The maximum absolute atomic E-state index is 16.2. The highest BCUT2D eigenvalue weighted by Gasteiger charge is 2.32. The Morgan fingerprint density at radius 1 is 1.16 bits per heavy atom. The maximum Gasteiger partial charge on any atom is 0.355 e. The molecule has 1 saturated heterocycles. The molecule has 2 bridgehead atoms. The van der Waals surface area contributed by atoms with Crippen molar-refractivity contribution in [1.82, 2.24) is 29.4 Å². The van der Waals surface area contributed by atoms with Crippen molar-refractivity contribution in [2.24, 2.45) is 0 Å². The fourth-order valence-corrected chi connectivity index (χ4v) is 6.67. The number of rotatable bonds is 3. The number of hydrogen-bond acceptors (Lipinski definition) is 9. The van der Waals surface area contributed by atoms with Crippen LogP contribution >= 0.6 is 11.8 Å². The van der Waals surface area contributed by atoms with Gasteiger partial charge < -0.3 is 15.1 Å². The van der Waals surface area contributed by atoms with E-state index in [1.807, 2.05) is 25.7 Å². The molecule has 0 aliphatic carbocycles.